The number of thiazole rings is 1. The molecule has 3 rings (SSSR count). The van der Waals surface area contributed by atoms with Crippen LogP contribution in [0.2, 0.25) is 0 Å². The Morgan fingerprint density at radius 3 is 2.63 bits per heavy atom. The first-order valence-corrected chi connectivity index (χ1v) is 8.97. The van der Waals surface area contributed by atoms with Crippen molar-refractivity contribution in [2.24, 2.45) is 0 Å². The number of carbonyl (C=O) groups is 1. The van der Waals surface area contributed by atoms with E-state index in [1.165, 1.54) is 11.3 Å². The number of benzene rings is 2. The summed E-state index contributed by atoms with van der Waals surface area (Å²) in [6.45, 7) is 0. The molecule has 0 atom stereocenters. The molecule has 1 heterocycles. The van der Waals surface area contributed by atoms with Crippen LogP contribution in [0.5, 0.6) is 5.75 Å². The summed E-state index contributed by atoms with van der Waals surface area (Å²) in [7, 11) is 5.49. The lowest BCUT2D eigenvalue weighted by atomic mass is 10.1. The fourth-order valence-corrected chi connectivity index (χ4v) is 3.28. The van der Waals surface area contributed by atoms with E-state index in [4.69, 9.17) is 4.74 Å². The normalized spacial score (nSPS) is 11.1. The van der Waals surface area contributed by atoms with E-state index >= 15 is 0 Å². The van der Waals surface area contributed by atoms with Crippen molar-refractivity contribution < 1.29 is 9.53 Å². The summed E-state index contributed by atoms with van der Waals surface area (Å²) in [5, 5.41) is 12.5. The van der Waals surface area contributed by atoms with E-state index in [9.17, 15) is 10.1 Å². The Hall–Kier alpha value is -3.37. The maximum absolute atomic E-state index is 12.5. The second-order valence-electron chi connectivity index (χ2n) is 5.96. The predicted octanol–water partition coefficient (Wildman–Crippen LogP) is 3.92. The van der Waals surface area contributed by atoms with Crippen LogP contribution in [-0.2, 0) is 4.79 Å². The zero-order valence-electron chi connectivity index (χ0n) is 15.2. The van der Waals surface area contributed by atoms with Crippen LogP contribution in [0, 0.1) is 11.3 Å². The van der Waals surface area contributed by atoms with Gasteiger partial charge in [0, 0.05) is 25.8 Å². The van der Waals surface area contributed by atoms with Crippen LogP contribution < -0.4 is 15.0 Å². The molecule has 7 heteroatoms. The van der Waals surface area contributed by atoms with Crippen LogP contribution in [0.4, 0.5) is 10.8 Å². The number of anilines is 2. The third kappa shape index (κ3) is 4.25. The third-order valence-corrected chi connectivity index (χ3v) is 4.85. The molecule has 0 unspecified atom stereocenters. The van der Waals surface area contributed by atoms with Gasteiger partial charge in [-0.15, -0.1) is 0 Å². The molecule has 1 N–H and O–H groups in total. The van der Waals surface area contributed by atoms with Gasteiger partial charge < -0.3 is 9.64 Å². The van der Waals surface area contributed by atoms with Crippen molar-refractivity contribution in [2.45, 2.75) is 0 Å². The maximum Gasteiger partial charge on any atom is 0.268 e. The number of carbonyl (C=O) groups excluding carboxylic acids is 1. The van der Waals surface area contributed by atoms with Crippen LogP contribution >= 0.6 is 11.3 Å². The highest BCUT2D eigenvalue weighted by molar-refractivity contribution is 7.22. The quantitative estimate of drug-likeness (QED) is 0.538. The number of nitrogens with one attached hydrogen (secondary N) is 1. The van der Waals surface area contributed by atoms with Crippen LogP contribution in [0.3, 0.4) is 0 Å². The summed E-state index contributed by atoms with van der Waals surface area (Å²) in [4.78, 5) is 18.8. The summed E-state index contributed by atoms with van der Waals surface area (Å²) in [5.74, 6) is 0.213. The predicted molar refractivity (Wildman–Crippen MR) is 109 cm³/mol. The van der Waals surface area contributed by atoms with Gasteiger partial charge in [0.15, 0.2) is 5.13 Å². The Morgan fingerprint density at radius 2 is 2.00 bits per heavy atom. The van der Waals surface area contributed by atoms with Crippen molar-refractivity contribution >= 4 is 44.4 Å². The van der Waals surface area contributed by atoms with Crippen molar-refractivity contribution in [1.82, 2.24) is 4.98 Å². The van der Waals surface area contributed by atoms with Gasteiger partial charge in [-0.05, 0) is 35.9 Å². The molecule has 0 fully saturated rings. The number of ether oxygens (including phenoxy) is 1. The maximum atomic E-state index is 12.5. The molecule has 0 saturated carbocycles. The Kier molecular flexibility index (Phi) is 5.38. The van der Waals surface area contributed by atoms with E-state index in [1.807, 2.05) is 61.5 Å². The molecule has 0 aliphatic heterocycles. The number of amides is 1. The van der Waals surface area contributed by atoms with Crippen LogP contribution in [0.25, 0.3) is 16.3 Å². The average Bonchev–Trinajstić information content (AvgIpc) is 3.07. The standard InChI is InChI=1S/C20H18N4O2S/c1-24(2)15-6-4-13(5-7-15)10-14(12-21)19(25)23-20-22-17-11-16(26-3)8-9-18(17)27-20/h4-11H,1-3H3,(H,22,23,25)/b14-10+. The zero-order chi connectivity index (χ0) is 19.4. The topological polar surface area (TPSA) is 78.2 Å². The highest BCUT2D eigenvalue weighted by atomic mass is 32.1. The Morgan fingerprint density at radius 1 is 1.26 bits per heavy atom. The smallest absolute Gasteiger partial charge is 0.268 e. The van der Waals surface area contributed by atoms with Crippen LogP contribution in [0.15, 0.2) is 48.0 Å². The number of hydrogen-bond acceptors (Lipinski definition) is 6. The number of methoxy groups -OCH3 is 1. The zero-order valence-corrected chi connectivity index (χ0v) is 16.0. The van der Waals surface area contributed by atoms with Gasteiger partial charge in [0.2, 0.25) is 0 Å². The second kappa shape index (κ2) is 7.89. The number of aromatic nitrogens is 1. The first-order chi connectivity index (χ1) is 13.0. The van der Waals surface area contributed by atoms with E-state index in [1.54, 1.807) is 19.3 Å². The Labute approximate surface area is 161 Å². The molecular weight excluding hydrogens is 360 g/mol. The Bertz CT molecular complexity index is 1050. The molecule has 0 aliphatic rings. The van der Waals surface area contributed by atoms with E-state index in [2.05, 4.69) is 10.3 Å². The van der Waals surface area contributed by atoms with Crippen LogP contribution in [-0.4, -0.2) is 32.1 Å². The van der Waals surface area contributed by atoms with Gasteiger partial charge in [0.25, 0.3) is 5.91 Å². The van der Waals surface area contributed by atoms with Crippen molar-refractivity contribution in [1.29, 1.82) is 5.26 Å². The second-order valence-corrected chi connectivity index (χ2v) is 6.99. The van der Waals surface area contributed by atoms with Crippen molar-refractivity contribution in [3.05, 3.63) is 53.6 Å². The summed E-state index contributed by atoms with van der Waals surface area (Å²) >= 11 is 1.34. The SMILES string of the molecule is COc1ccc2sc(NC(=O)/C(C#N)=C/c3ccc(N(C)C)cc3)nc2c1. The summed E-state index contributed by atoms with van der Waals surface area (Å²) in [6.07, 6.45) is 1.56. The first kappa shape index (κ1) is 18.4. The van der Waals surface area contributed by atoms with Crippen LogP contribution in [0.1, 0.15) is 5.56 Å². The van der Waals surface area contributed by atoms with Crippen molar-refractivity contribution in [3.63, 3.8) is 0 Å². The van der Waals surface area contributed by atoms with Gasteiger partial charge in [-0.1, -0.05) is 23.5 Å². The van der Waals surface area contributed by atoms with Gasteiger partial charge in [-0.3, -0.25) is 10.1 Å². The third-order valence-electron chi connectivity index (χ3n) is 3.90. The van der Waals surface area contributed by atoms with Gasteiger partial charge in [-0.2, -0.15) is 5.26 Å². The molecule has 1 amide bonds. The lowest BCUT2D eigenvalue weighted by Crippen LogP contribution is -2.13. The van der Waals surface area contributed by atoms with Gasteiger partial charge in [0.1, 0.15) is 17.4 Å². The molecule has 6 nitrogen and oxygen atoms in total. The molecule has 27 heavy (non-hydrogen) atoms. The molecule has 0 radical (unpaired) electrons. The lowest BCUT2D eigenvalue weighted by molar-refractivity contribution is -0.112. The van der Waals surface area contributed by atoms with Gasteiger partial charge in [-0.25, -0.2) is 4.98 Å². The molecule has 2 aromatic carbocycles. The largest absolute Gasteiger partial charge is 0.497 e. The Balaban J connectivity index is 1.79. The summed E-state index contributed by atoms with van der Waals surface area (Å²) < 4.78 is 6.10. The summed E-state index contributed by atoms with van der Waals surface area (Å²) in [5.41, 5.74) is 2.57. The van der Waals surface area contributed by atoms with Crippen molar-refractivity contribution in [2.75, 3.05) is 31.4 Å². The molecule has 0 aliphatic carbocycles. The van der Waals surface area contributed by atoms with Gasteiger partial charge in [0.05, 0.1) is 17.3 Å². The number of hydrogen-bond donors (Lipinski definition) is 1. The molecule has 136 valence electrons. The van der Waals surface area contributed by atoms with E-state index in [-0.39, 0.29) is 5.57 Å². The number of fused-ring (bicyclic) bond motifs is 1. The monoisotopic (exact) mass is 378 g/mol. The first-order valence-electron chi connectivity index (χ1n) is 8.15. The van der Waals surface area contributed by atoms with E-state index < -0.39 is 5.91 Å². The van der Waals surface area contributed by atoms with E-state index in [0.29, 0.717) is 10.9 Å². The highest BCUT2D eigenvalue weighted by Crippen LogP contribution is 2.29. The fourth-order valence-electron chi connectivity index (χ4n) is 2.44. The number of nitrogens with zero attached hydrogens (tertiary/aromatic N) is 3. The molecule has 0 spiro atoms. The minimum atomic E-state index is -0.486. The fraction of sp³-hybridized carbons (Fsp3) is 0.150. The lowest BCUT2D eigenvalue weighted by Gasteiger charge is -2.11. The molecule has 3 aromatic rings. The van der Waals surface area contributed by atoms with Gasteiger partial charge >= 0.3 is 0 Å². The van der Waals surface area contributed by atoms with E-state index in [0.717, 1.165) is 21.5 Å². The molecule has 0 bridgehead atoms. The molecule has 1 aromatic heterocycles. The average molecular weight is 378 g/mol. The minimum Gasteiger partial charge on any atom is -0.497 e. The molecular formula is C20H18N4O2S. The minimum absolute atomic E-state index is 0.0180. The molecule has 0 saturated heterocycles. The highest BCUT2D eigenvalue weighted by Gasteiger charge is 2.13. The summed E-state index contributed by atoms with van der Waals surface area (Å²) in [6, 6.07) is 15.1. The number of nitriles is 1. The van der Waals surface area contributed by atoms with Crippen molar-refractivity contribution in [3.8, 4) is 11.8 Å². The number of rotatable bonds is 5.